The van der Waals surface area contributed by atoms with Crippen LogP contribution in [0.3, 0.4) is 0 Å². The maximum atomic E-state index is 5.71. The number of anilines is 2. The Balaban J connectivity index is 2.76. The molecule has 0 amide bonds. The van der Waals surface area contributed by atoms with Gasteiger partial charge in [-0.05, 0) is 31.3 Å². The number of nitrogens with zero attached hydrogens (tertiary/aromatic N) is 1. The van der Waals surface area contributed by atoms with Crippen LogP contribution in [0.4, 0.5) is 10.8 Å². The zero-order valence-corrected chi connectivity index (χ0v) is 10.5. The lowest BCUT2D eigenvalue weighted by atomic mass is 10.1. The Kier molecular flexibility index (Phi) is 4.20. The molecule has 15 heavy (non-hydrogen) atoms. The molecule has 5 heteroatoms. The SMILES string of the molecule is CCOc1c(N)nsc1NC(C)C(C)C. The van der Waals surface area contributed by atoms with Crippen molar-refractivity contribution in [2.24, 2.45) is 5.92 Å². The van der Waals surface area contributed by atoms with Crippen LogP contribution in [-0.4, -0.2) is 17.0 Å². The lowest BCUT2D eigenvalue weighted by molar-refractivity contribution is 0.343. The summed E-state index contributed by atoms with van der Waals surface area (Å²) in [6, 6.07) is 0.379. The first kappa shape index (κ1) is 12.1. The molecule has 0 spiro atoms. The van der Waals surface area contributed by atoms with E-state index in [4.69, 9.17) is 10.5 Å². The van der Waals surface area contributed by atoms with E-state index in [-0.39, 0.29) is 0 Å². The van der Waals surface area contributed by atoms with Crippen LogP contribution in [-0.2, 0) is 0 Å². The quantitative estimate of drug-likeness (QED) is 0.814. The van der Waals surface area contributed by atoms with Crippen LogP contribution < -0.4 is 15.8 Å². The van der Waals surface area contributed by atoms with E-state index in [1.807, 2.05) is 6.92 Å². The van der Waals surface area contributed by atoms with Gasteiger partial charge in [0.1, 0.15) is 0 Å². The first-order valence-electron chi connectivity index (χ1n) is 5.20. The summed E-state index contributed by atoms with van der Waals surface area (Å²) < 4.78 is 9.53. The molecule has 0 saturated carbocycles. The number of nitrogens with one attached hydrogen (secondary N) is 1. The van der Waals surface area contributed by atoms with Gasteiger partial charge in [-0.1, -0.05) is 13.8 Å². The first-order valence-corrected chi connectivity index (χ1v) is 5.98. The molecule has 1 rings (SSSR count). The summed E-state index contributed by atoms with van der Waals surface area (Å²) in [5.41, 5.74) is 5.71. The molecular weight excluding hydrogens is 210 g/mol. The third-order valence-electron chi connectivity index (χ3n) is 2.32. The van der Waals surface area contributed by atoms with Crippen molar-refractivity contribution in [3.63, 3.8) is 0 Å². The van der Waals surface area contributed by atoms with Crippen molar-refractivity contribution in [2.75, 3.05) is 17.7 Å². The second-order valence-corrected chi connectivity index (χ2v) is 4.61. The van der Waals surface area contributed by atoms with Gasteiger partial charge >= 0.3 is 0 Å². The van der Waals surface area contributed by atoms with E-state index < -0.39 is 0 Å². The van der Waals surface area contributed by atoms with Crippen molar-refractivity contribution in [1.29, 1.82) is 0 Å². The Morgan fingerprint density at radius 2 is 2.13 bits per heavy atom. The van der Waals surface area contributed by atoms with E-state index in [1.165, 1.54) is 11.5 Å². The third kappa shape index (κ3) is 2.99. The van der Waals surface area contributed by atoms with E-state index in [0.29, 0.717) is 30.1 Å². The molecule has 1 unspecified atom stereocenters. The van der Waals surface area contributed by atoms with Crippen molar-refractivity contribution in [3.8, 4) is 5.75 Å². The maximum absolute atomic E-state index is 5.71. The standard InChI is InChI=1S/C10H19N3OS/c1-5-14-8-9(11)13-15-10(8)12-7(4)6(2)3/h6-7,12H,5H2,1-4H3,(H2,11,13). The van der Waals surface area contributed by atoms with Gasteiger partial charge in [0.2, 0.25) is 0 Å². The second kappa shape index (κ2) is 5.21. The molecule has 1 heterocycles. The Morgan fingerprint density at radius 1 is 1.47 bits per heavy atom. The lowest BCUT2D eigenvalue weighted by Crippen LogP contribution is -2.21. The molecule has 4 nitrogen and oxygen atoms in total. The minimum Gasteiger partial charge on any atom is -0.487 e. The molecule has 0 saturated heterocycles. The van der Waals surface area contributed by atoms with Crippen molar-refractivity contribution >= 4 is 22.4 Å². The molecule has 0 aliphatic rings. The van der Waals surface area contributed by atoms with Crippen LogP contribution in [0.25, 0.3) is 0 Å². The fraction of sp³-hybridized carbons (Fsp3) is 0.700. The van der Waals surface area contributed by atoms with Crippen LogP contribution in [0.5, 0.6) is 5.75 Å². The van der Waals surface area contributed by atoms with E-state index in [1.54, 1.807) is 0 Å². The van der Waals surface area contributed by atoms with Crippen LogP contribution in [0, 0.1) is 5.92 Å². The molecule has 0 aliphatic carbocycles. The Labute approximate surface area is 95.0 Å². The summed E-state index contributed by atoms with van der Waals surface area (Å²) in [4.78, 5) is 0. The highest BCUT2D eigenvalue weighted by atomic mass is 32.1. The van der Waals surface area contributed by atoms with Gasteiger partial charge in [-0.3, -0.25) is 0 Å². The van der Waals surface area contributed by atoms with Gasteiger partial charge in [-0.25, -0.2) is 0 Å². The van der Waals surface area contributed by atoms with Gasteiger partial charge < -0.3 is 15.8 Å². The zero-order chi connectivity index (χ0) is 11.4. The Morgan fingerprint density at radius 3 is 2.67 bits per heavy atom. The number of rotatable bonds is 5. The molecule has 1 aromatic heterocycles. The normalized spacial score (nSPS) is 12.9. The van der Waals surface area contributed by atoms with E-state index in [2.05, 4.69) is 30.5 Å². The third-order valence-corrected chi connectivity index (χ3v) is 3.10. The molecular formula is C10H19N3OS. The van der Waals surface area contributed by atoms with Crippen LogP contribution in [0.2, 0.25) is 0 Å². The summed E-state index contributed by atoms with van der Waals surface area (Å²) >= 11 is 1.35. The van der Waals surface area contributed by atoms with Crippen LogP contribution >= 0.6 is 11.5 Å². The molecule has 0 fully saturated rings. The lowest BCUT2D eigenvalue weighted by Gasteiger charge is -2.18. The van der Waals surface area contributed by atoms with Gasteiger partial charge in [0.05, 0.1) is 6.61 Å². The van der Waals surface area contributed by atoms with Crippen molar-refractivity contribution < 1.29 is 4.74 Å². The van der Waals surface area contributed by atoms with Crippen LogP contribution in [0.1, 0.15) is 27.7 Å². The first-order chi connectivity index (χ1) is 7.06. The van der Waals surface area contributed by atoms with Crippen molar-refractivity contribution in [1.82, 2.24) is 4.37 Å². The van der Waals surface area contributed by atoms with Crippen molar-refractivity contribution in [3.05, 3.63) is 0 Å². The maximum Gasteiger partial charge on any atom is 0.197 e. The fourth-order valence-electron chi connectivity index (χ4n) is 1.04. The highest BCUT2D eigenvalue weighted by molar-refractivity contribution is 7.11. The molecule has 1 aromatic rings. The molecule has 0 bridgehead atoms. The van der Waals surface area contributed by atoms with E-state index in [0.717, 1.165) is 5.00 Å². The molecule has 0 aromatic carbocycles. The minimum atomic E-state index is 0.379. The fourth-order valence-corrected chi connectivity index (χ4v) is 1.80. The molecule has 86 valence electrons. The van der Waals surface area contributed by atoms with Gasteiger partial charge in [0, 0.05) is 6.04 Å². The monoisotopic (exact) mass is 229 g/mol. The average molecular weight is 229 g/mol. The highest BCUT2D eigenvalue weighted by Gasteiger charge is 2.15. The number of hydrogen-bond acceptors (Lipinski definition) is 5. The summed E-state index contributed by atoms with van der Waals surface area (Å²) in [6.45, 7) is 9.02. The predicted molar refractivity (Wildman–Crippen MR) is 65.6 cm³/mol. The van der Waals surface area contributed by atoms with Gasteiger partial charge in [0.25, 0.3) is 0 Å². The number of aromatic nitrogens is 1. The number of nitrogens with two attached hydrogens (primary N) is 1. The number of hydrogen-bond donors (Lipinski definition) is 2. The van der Waals surface area contributed by atoms with E-state index in [9.17, 15) is 0 Å². The molecule has 0 radical (unpaired) electrons. The van der Waals surface area contributed by atoms with E-state index >= 15 is 0 Å². The average Bonchev–Trinajstić information content (AvgIpc) is 2.50. The topological polar surface area (TPSA) is 60.2 Å². The smallest absolute Gasteiger partial charge is 0.197 e. The van der Waals surface area contributed by atoms with Crippen LogP contribution in [0.15, 0.2) is 0 Å². The highest BCUT2D eigenvalue weighted by Crippen LogP contribution is 2.35. The summed E-state index contributed by atoms with van der Waals surface area (Å²) in [5, 5.41) is 4.29. The van der Waals surface area contributed by atoms with Crippen molar-refractivity contribution in [2.45, 2.75) is 33.7 Å². The summed E-state index contributed by atoms with van der Waals surface area (Å²) in [6.07, 6.45) is 0. The van der Waals surface area contributed by atoms with Gasteiger partial charge in [-0.2, -0.15) is 4.37 Å². The van der Waals surface area contributed by atoms with Gasteiger partial charge in [0.15, 0.2) is 16.6 Å². The second-order valence-electron chi connectivity index (χ2n) is 3.84. The Hall–Kier alpha value is -0.970. The zero-order valence-electron chi connectivity index (χ0n) is 9.70. The summed E-state index contributed by atoms with van der Waals surface area (Å²) in [5.74, 6) is 1.72. The predicted octanol–water partition coefficient (Wildman–Crippen LogP) is 2.58. The molecule has 0 aliphatic heterocycles. The largest absolute Gasteiger partial charge is 0.487 e. The summed E-state index contributed by atoms with van der Waals surface area (Å²) in [7, 11) is 0. The molecule has 1 atom stereocenters. The number of ether oxygens (including phenoxy) is 1. The number of nitrogen functional groups attached to an aromatic ring is 1. The minimum absolute atomic E-state index is 0.379. The molecule has 3 N–H and O–H groups in total. The Bertz CT molecular complexity index is 312. The van der Waals surface area contributed by atoms with Gasteiger partial charge in [-0.15, -0.1) is 0 Å².